The average molecular weight is 708 g/mol. The van der Waals surface area contributed by atoms with Crippen LogP contribution in [0.25, 0.3) is 11.2 Å². The first kappa shape index (κ1) is 38.2. The summed E-state index contributed by atoms with van der Waals surface area (Å²) in [6, 6.07) is -2.49. The zero-order chi connectivity index (χ0) is 35.3. The third-order valence-electron chi connectivity index (χ3n) is 6.60. The second-order valence-corrected chi connectivity index (χ2v) is 15.5. The maximum atomic E-state index is 14.2. The monoisotopic (exact) mass is 707 g/mol. The van der Waals surface area contributed by atoms with Crippen molar-refractivity contribution in [1.29, 1.82) is 0 Å². The van der Waals surface area contributed by atoms with Gasteiger partial charge in [-0.2, -0.15) is 9.97 Å². The highest BCUT2D eigenvalue weighted by atomic mass is 32.7. The molecule has 1 amide bonds. The number of aliphatic hydroxyl groups excluding tert-OH is 1. The maximum Gasteiger partial charge on any atom is 0.407 e. The number of fused-ring (bicyclic) bond motifs is 1. The topological polar surface area (TPSA) is 258 Å². The predicted octanol–water partition coefficient (Wildman–Crippen LogP) is 0.890. The van der Waals surface area contributed by atoms with Crippen LogP contribution in [0.15, 0.2) is 6.33 Å². The number of carbonyl (C=O) groups is 3. The van der Waals surface area contributed by atoms with E-state index in [1.54, 1.807) is 27.7 Å². The number of ether oxygens (including phenoxy) is 5. The van der Waals surface area contributed by atoms with Gasteiger partial charge in [0.05, 0.1) is 39.4 Å². The molecule has 1 aliphatic rings. The van der Waals surface area contributed by atoms with Gasteiger partial charge in [0.1, 0.15) is 29.9 Å². The van der Waals surface area contributed by atoms with E-state index in [9.17, 15) is 29.2 Å². The highest BCUT2D eigenvalue weighted by Gasteiger charge is 2.54. The number of nitrogens with one attached hydrogen (secondary N) is 2. The number of amides is 1. The van der Waals surface area contributed by atoms with Crippen molar-refractivity contribution in [2.45, 2.75) is 89.9 Å². The lowest BCUT2D eigenvalue weighted by molar-refractivity contribution is -0.150. The van der Waals surface area contributed by atoms with Crippen LogP contribution in [0.5, 0.6) is 5.88 Å². The summed E-state index contributed by atoms with van der Waals surface area (Å²) < 4.78 is 47.5. The summed E-state index contributed by atoms with van der Waals surface area (Å²) >= 11 is 0.579. The van der Waals surface area contributed by atoms with Gasteiger partial charge in [-0.3, -0.25) is 13.9 Å². The molecule has 21 heteroatoms. The van der Waals surface area contributed by atoms with Crippen LogP contribution in [0.4, 0.5) is 10.7 Å². The number of carbonyl (C=O) groups excluding carboxylic acids is 3. The zero-order valence-corrected chi connectivity index (χ0v) is 28.9. The average Bonchev–Trinajstić information content (AvgIpc) is 3.49. The molecule has 1 unspecified atom stereocenters. The van der Waals surface area contributed by atoms with Gasteiger partial charge in [0.15, 0.2) is 17.4 Å². The van der Waals surface area contributed by atoms with Crippen molar-refractivity contribution in [3.63, 3.8) is 0 Å². The molecule has 3 heterocycles. The Morgan fingerprint density at radius 2 is 1.79 bits per heavy atom. The van der Waals surface area contributed by atoms with Crippen LogP contribution in [0.1, 0.15) is 47.8 Å². The summed E-state index contributed by atoms with van der Waals surface area (Å²) in [5, 5.41) is 27.4. The molecule has 1 aliphatic heterocycles. The number of nitrogens with two attached hydrogens (primary N) is 1. The third kappa shape index (κ3) is 9.43. The van der Waals surface area contributed by atoms with E-state index in [0.29, 0.717) is 11.4 Å². The lowest BCUT2D eigenvalue weighted by Crippen LogP contribution is -2.45. The van der Waals surface area contributed by atoms with Crippen molar-refractivity contribution in [2.24, 2.45) is 0 Å². The van der Waals surface area contributed by atoms with E-state index in [0.717, 1.165) is 7.11 Å². The van der Waals surface area contributed by atoms with Gasteiger partial charge >= 0.3 is 24.8 Å². The predicted molar refractivity (Wildman–Crippen MR) is 167 cm³/mol. The van der Waals surface area contributed by atoms with Crippen LogP contribution in [0.3, 0.4) is 0 Å². The summed E-state index contributed by atoms with van der Waals surface area (Å²) in [5.74, 6) is -1.98. The number of esters is 2. The minimum atomic E-state index is -4.19. The lowest BCUT2D eigenvalue weighted by atomic mass is 9.96. The molecular weight excluding hydrogens is 665 g/mol. The third-order valence-corrected chi connectivity index (χ3v) is 10.7. The van der Waals surface area contributed by atoms with Gasteiger partial charge in [-0.25, -0.2) is 19.7 Å². The number of hydrogen-bond acceptors (Lipinski definition) is 17. The van der Waals surface area contributed by atoms with Gasteiger partial charge in [0.2, 0.25) is 11.8 Å². The van der Waals surface area contributed by atoms with Gasteiger partial charge in [0.25, 0.3) is 0 Å². The van der Waals surface area contributed by atoms with E-state index < -0.39 is 79.7 Å². The number of anilines is 1. The van der Waals surface area contributed by atoms with Crippen LogP contribution >= 0.6 is 18.1 Å². The fraction of sp³-hybridized carbons (Fsp3) is 0.692. The van der Waals surface area contributed by atoms with Crippen molar-refractivity contribution < 1.29 is 57.4 Å². The normalized spacial score (nSPS) is 23.7. The molecule has 6 N–H and O–H groups in total. The van der Waals surface area contributed by atoms with Crippen LogP contribution in [0, 0.1) is 0 Å². The highest BCUT2D eigenvalue weighted by Crippen LogP contribution is 2.57. The maximum absolute atomic E-state index is 14.2. The molecule has 1 fully saturated rings. The molecular formula is C26H42N7O12PS. The molecule has 1 saturated heterocycles. The summed E-state index contributed by atoms with van der Waals surface area (Å²) in [6.45, 7) is 4.44. The van der Waals surface area contributed by atoms with Gasteiger partial charge in [-0.05, 0) is 41.5 Å². The van der Waals surface area contributed by atoms with E-state index in [1.807, 2.05) is 0 Å². The zero-order valence-electron chi connectivity index (χ0n) is 27.2. The quantitative estimate of drug-likeness (QED) is 0.0978. The first-order valence-electron chi connectivity index (χ1n) is 14.4. The minimum Gasteiger partial charge on any atom is -0.479 e. The molecule has 47 heavy (non-hydrogen) atoms. The Balaban J connectivity index is 1.86. The number of aromatic nitrogens is 4. The number of hydrogen-bond donors (Lipinski definition) is 5. The first-order valence-corrected chi connectivity index (χ1v) is 17.7. The molecule has 0 aliphatic carbocycles. The second kappa shape index (κ2) is 15.8. The molecule has 19 nitrogen and oxygen atoms in total. The number of nitrogens with zero attached hydrogens (tertiary/aromatic N) is 4. The van der Waals surface area contributed by atoms with Gasteiger partial charge in [0, 0.05) is 5.75 Å². The van der Waals surface area contributed by atoms with Crippen molar-refractivity contribution in [2.75, 3.05) is 32.3 Å². The second-order valence-electron chi connectivity index (χ2n) is 11.2. The van der Waals surface area contributed by atoms with Crippen molar-refractivity contribution >= 4 is 53.2 Å². The standard InChI is InChI=1S/C26H42N7O12PS/c1-12(2)43-21(35)14(5)32-46(39,47-10-15(29-25(37)41-8)22(36)44-13(3)4)42-9-16-18(34)26(6,38)23(45-16)33-11-28-17-19(33)30-24(27)31-20(17)40-7/h11-16,18,23,34,38H,9-10H2,1-8H3,(H,29,37)(H,32,39)(H2,27,30,31)/t14-,15-,16-,18-,23-,26-,46?/m1/s1. The van der Waals surface area contributed by atoms with Crippen LogP contribution < -0.4 is 20.9 Å². The smallest absolute Gasteiger partial charge is 0.407 e. The number of aliphatic hydroxyl groups is 2. The minimum absolute atomic E-state index is 0.0794. The summed E-state index contributed by atoms with van der Waals surface area (Å²) in [5.41, 5.74) is 4.22. The molecule has 0 radical (unpaired) electrons. The molecule has 2 aromatic heterocycles. The number of methoxy groups -OCH3 is 2. The Morgan fingerprint density at radius 1 is 1.15 bits per heavy atom. The summed E-state index contributed by atoms with van der Waals surface area (Å²) in [7, 11) is 2.47. The largest absolute Gasteiger partial charge is 0.479 e. The Labute approximate surface area is 274 Å². The Morgan fingerprint density at radius 3 is 2.38 bits per heavy atom. The van der Waals surface area contributed by atoms with Crippen LogP contribution in [0.2, 0.25) is 0 Å². The molecule has 3 rings (SSSR count). The number of alkyl carbamates (subject to hydrolysis) is 1. The summed E-state index contributed by atoms with van der Waals surface area (Å²) in [6.07, 6.45) is -4.80. The van der Waals surface area contributed by atoms with E-state index >= 15 is 0 Å². The van der Waals surface area contributed by atoms with Gasteiger partial charge in [-0.1, -0.05) is 11.4 Å². The Hall–Kier alpha value is -3.26. The fourth-order valence-corrected chi connectivity index (χ4v) is 8.21. The van der Waals surface area contributed by atoms with Gasteiger partial charge < -0.3 is 49.5 Å². The molecule has 0 bridgehead atoms. The molecule has 2 aromatic rings. The molecule has 264 valence electrons. The summed E-state index contributed by atoms with van der Waals surface area (Å²) in [4.78, 5) is 49.6. The lowest BCUT2D eigenvalue weighted by Gasteiger charge is -2.27. The fourth-order valence-electron chi connectivity index (χ4n) is 4.36. The molecule has 0 spiro atoms. The first-order chi connectivity index (χ1) is 21.9. The van der Waals surface area contributed by atoms with E-state index in [2.05, 4.69) is 30.1 Å². The molecule has 7 atom stereocenters. The number of imidazole rings is 1. The van der Waals surface area contributed by atoms with Crippen molar-refractivity contribution in [1.82, 2.24) is 29.9 Å². The Bertz CT molecular complexity index is 1480. The Kier molecular flexibility index (Phi) is 12.8. The van der Waals surface area contributed by atoms with E-state index in [1.165, 1.54) is 31.9 Å². The highest BCUT2D eigenvalue weighted by molar-refractivity contribution is 8.56. The van der Waals surface area contributed by atoms with E-state index in [4.69, 9.17) is 29.2 Å². The van der Waals surface area contributed by atoms with E-state index in [-0.39, 0.29) is 28.7 Å². The molecule has 0 saturated carbocycles. The van der Waals surface area contributed by atoms with Crippen LogP contribution in [-0.2, 0) is 37.6 Å². The molecule has 0 aromatic carbocycles. The van der Waals surface area contributed by atoms with Gasteiger partial charge in [-0.15, -0.1) is 0 Å². The van der Waals surface area contributed by atoms with Crippen molar-refractivity contribution in [3.8, 4) is 5.88 Å². The number of rotatable bonds is 15. The SMILES string of the molecule is COC(=O)N[C@H](CSP(=O)(N[C@H](C)C(=O)OC(C)C)OC[C@H]1O[C@@H](n2cnc3c(OC)nc(N)nc32)[C@](C)(O)[C@@H]1O)C(=O)OC(C)C. The van der Waals surface area contributed by atoms with Crippen LogP contribution in [-0.4, -0.2) is 116 Å². The van der Waals surface area contributed by atoms with Crippen molar-refractivity contribution in [3.05, 3.63) is 6.33 Å². The number of nitrogen functional groups attached to an aromatic ring is 1.